The Labute approximate surface area is 143 Å². The van der Waals surface area contributed by atoms with Crippen molar-refractivity contribution in [2.24, 2.45) is 0 Å². The largest absolute Gasteiger partial charge is 0.416 e. The van der Waals surface area contributed by atoms with E-state index in [0.29, 0.717) is 5.69 Å². The highest BCUT2D eigenvalue weighted by Crippen LogP contribution is 2.32. The molecule has 2 aromatic rings. The number of hydrogen-bond donors (Lipinski definition) is 1. The van der Waals surface area contributed by atoms with Crippen LogP contribution in [0.1, 0.15) is 22.3 Å². The van der Waals surface area contributed by atoms with Crippen molar-refractivity contribution in [1.29, 1.82) is 5.26 Å². The van der Waals surface area contributed by atoms with E-state index in [9.17, 15) is 18.0 Å². The Morgan fingerprint density at radius 1 is 1.12 bits per heavy atom. The van der Waals surface area contributed by atoms with Gasteiger partial charge in [-0.3, -0.25) is 4.79 Å². The zero-order chi connectivity index (χ0) is 18.6. The molecule has 0 fully saturated rings. The summed E-state index contributed by atoms with van der Waals surface area (Å²) in [6.45, 7) is 3.78. The van der Waals surface area contributed by atoms with Crippen LogP contribution in [-0.4, -0.2) is 5.91 Å². The number of carbonyl (C=O) groups excluding carboxylic acids is 1. The molecule has 0 aliphatic heterocycles. The highest BCUT2D eigenvalue weighted by molar-refractivity contribution is 6.09. The van der Waals surface area contributed by atoms with E-state index in [1.165, 1.54) is 18.2 Å². The van der Waals surface area contributed by atoms with Gasteiger partial charge in [-0.2, -0.15) is 18.4 Å². The quantitative estimate of drug-likeness (QED) is 0.638. The Bertz CT molecular complexity index is 877. The maximum Gasteiger partial charge on any atom is 0.416 e. The SMILES string of the molecule is Cc1ccc(NC(=O)/C(C#N)=C\c2ccccc2C(F)(F)F)cc1C. The summed E-state index contributed by atoms with van der Waals surface area (Å²) in [5, 5.41) is 11.7. The van der Waals surface area contributed by atoms with Crippen LogP contribution in [0.4, 0.5) is 18.9 Å². The van der Waals surface area contributed by atoms with Crippen molar-refractivity contribution in [3.63, 3.8) is 0 Å². The second kappa shape index (κ2) is 7.22. The molecular formula is C19H15F3N2O. The molecule has 6 heteroatoms. The second-order valence-corrected chi connectivity index (χ2v) is 5.51. The summed E-state index contributed by atoms with van der Waals surface area (Å²) in [4.78, 5) is 12.2. The number of nitrogens with one attached hydrogen (secondary N) is 1. The summed E-state index contributed by atoms with van der Waals surface area (Å²) >= 11 is 0. The number of benzene rings is 2. The number of rotatable bonds is 3. The van der Waals surface area contributed by atoms with Gasteiger partial charge in [-0.25, -0.2) is 0 Å². The summed E-state index contributed by atoms with van der Waals surface area (Å²) in [5.74, 6) is -0.761. The molecule has 0 heterocycles. The molecule has 0 radical (unpaired) electrons. The van der Waals surface area contributed by atoms with E-state index in [0.717, 1.165) is 23.3 Å². The first-order chi connectivity index (χ1) is 11.7. The predicted molar refractivity (Wildman–Crippen MR) is 89.6 cm³/mol. The number of hydrogen-bond acceptors (Lipinski definition) is 2. The lowest BCUT2D eigenvalue weighted by Gasteiger charge is -2.11. The van der Waals surface area contributed by atoms with Crippen LogP contribution < -0.4 is 5.32 Å². The van der Waals surface area contributed by atoms with Crippen molar-refractivity contribution in [1.82, 2.24) is 0 Å². The van der Waals surface area contributed by atoms with Gasteiger partial charge in [0.05, 0.1) is 5.56 Å². The smallest absolute Gasteiger partial charge is 0.321 e. The Hall–Kier alpha value is -3.07. The first kappa shape index (κ1) is 18.3. The van der Waals surface area contributed by atoms with Crippen LogP contribution in [-0.2, 0) is 11.0 Å². The minimum absolute atomic E-state index is 0.234. The molecule has 128 valence electrons. The maximum absolute atomic E-state index is 13.0. The molecule has 0 bridgehead atoms. The topological polar surface area (TPSA) is 52.9 Å². The summed E-state index contributed by atoms with van der Waals surface area (Å²) in [6, 6.07) is 11.6. The number of alkyl halides is 3. The van der Waals surface area contributed by atoms with Crippen molar-refractivity contribution >= 4 is 17.7 Å². The van der Waals surface area contributed by atoms with Crippen LogP contribution in [0.3, 0.4) is 0 Å². The number of amides is 1. The van der Waals surface area contributed by atoms with Crippen molar-refractivity contribution < 1.29 is 18.0 Å². The first-order valence-electron chi connectivity index (χ1n) is 7.39. The van der Waals surface area contributed by atoms with Gasteiger partial charge in [0.25, 0.3) is 5.91 Å². The molecular weight excluding hydrogens is 329 g/mol. The highest BCUT2D eigenvalue weighted by Gasteiger charge is 2.32. The molecule has 25 heavy (non-hydrogen) atoms. The van der Waals surface area contributed by atoms with Gasteiger partial charge in [0.2, 0.25) is 0 Å². The van der Waals surface area contributed by atoms with Crippen LogP contribution in [0.25, 0.3) is 6.08 Å². The van der Waals surface area contributed by atoms with Gasteiger partial charge in [0.15, 0.2) is 0 Å². The van der Waals surface area contributed by atoms with Crippen LogP contribution >= 0.6 is 0 Å². The third-order valence-corrected chi connectivity index (χ3v) is 3.70. The minimum atomic E-state index is -4.57. The zero-order valence-electron chi connectivity index (χ0n) is 13.6. The van der Waals surface area contributed by atoms with Gasteiger partial charge in [0, 0.05) is 5.69 Å². The van der Waals surface area contributed by atoms with Gasteiger partial charge in [0.1, 0.15) is 11.6 Å². The number of carbonyl (C=O) groups is 1. The summed E-state index contributed by atoms with van der Waals surface area (Å²) < 4.78 is 39.1. The van der Waals surface area contributed by atoms with Gasteiger partial charge in [-0.05, 0) is 54.8 Å². The lowest BCUT2D eigenvalue weighted by Crippen LogP contribution is -2.14. The van der Waals surface area contributed by atoms with Crippen LogP contribution in [0.15, 0.2) is 48.0 Å². The standard InChI is InChI=1S/C19H15F3N2O/c1-12-7-8-16(9-13(12)2)24-18(25)15(11-23)10-14-5-3-4-6-17(14)19(20,21)22/h3-10H,1-2H3,(H,24,25)/b15-10-. The minimum Gasteiger partial charge on any atom is -0.321 e. The lowest BCUT2D eigenvalue weighted by atomic mass is 10.0. The molecule has 1 N–H and O–H groups in total. The molecule has 0 unspecified atom stereocenters. The van der Waals surface area contributed by atoms with Crippen molar-refractivity contribution in [2.45, 2.75) is 20.0 Å². The molecule has 3 nitrogen and oxygen atoms in total. The van der Waals surface area contributed by atoms with Crippen LogP contribution in [0.5, 0.6) is 0 Å². The number of anilines is 1. The van der Waals surface area contributed by atoms with Gasteiger partial charge in [-0.1, -0.05) is 24.3 Å². The Morgan fingerprint density at radius 2 is 1.80 bits per heavy atom. The molecule has 0 aliphatic carbocycles. The van der Waals surface area contributed by atoms with E-state index in [2.05, 4.69) is 5.32 Å². The van der Waals surface area contributed by atoms with Crippen molar-refractivity contribution in [3.05, 3.63) is 70.3 Å². The molecule has 0 atom stereocenters. The molecule has 0 spiro atoms. The highest BCUT2D eigenvalue weighted by atomic mass is 19.4. The average Bonchev–Trinajstić information content (AvgIpc) is 2.55. The predicted octanol–water partition coefficient (Wildman–Crippen LogP) is 4.87. The molecule has 1 amide bonds. The first-order valence-corrected chi connectivity index (χ1v) is 7.39. The van der Waals surface area contributed by atoms with E-state index in [-0.39, 0.29) is 5.56 Å². The van der Waals surface area contributed by atoms with Crippen molar-refractivity contribution in [2.75, 3.05) is 5.32 Å². The molecule has 0 saturated heterocycles. The molecule has 0 saturated carbocycles. The second-order valence-electron chi connectivity index (χ2n) is 5.51. The number of halogens is 3. The van der Waals surface area contributed by atoms with Crippen LogP contribution in [0.2, 0.25) is 0 Å². The van der Waals surface area contributed by atoms with Crippen molar-refractivity contribution in [3.8, 4) is 6.07 Å². The maximum atomic E-state index is 13.0. The third-order valence-electron chi connectivity index (χ3n) is 3.70. The van der Waals surface area contributed by atoms with E-state index in [1.54, 1.807) is 24.3 Å². The Kier molecular flexibility index (Phi) is 5.28. The lowest BCUT2D eigenvalue weighted by molar-refractivity contribution is -0.137. The van der Waals surface area contributed by atoms with Crippen LogP contribution in [0, 0.1) is 25.2 Å². The monoisotopic (exact) mass is 344 g/mol. The Balaban J connectivity index is 2.33. The Morgan fingerprint density at radius 3 is 2.40 bits per heavy atom. The molecule has 0 aliphatic rings. The number of nitrogens with zero attached hydrogens (tertiary/aromatic N) is 1. The third kappa shape index (κ3) is 4.48. The van der Waals surface area contributed by atoms with Gasteiger partial charge in [-0.15, -0.1) is 0 Å². The molecule has 2 rings (SSSR count). The number of nitriles is 1. The summed E-state index contributed by atoms with van der Waals surface area (Å²) in [7, 11) is 0. The molecule has 2 aromatic carbocycles. The number of aryl methyl sites for hydroxylation is 2. The van der Waals surface area contributed by atoms with E-state index < -0.39 is 23.2 Å². The fraction of sp³-hybridized carbons (Fsp3) is 0.158. The van der Waals surface area contributed by atoms with Gasteiger partial charge < -0.3 is 5.32 Å². The average molecular weight is 344 g/mol. The normalized spacial score (nSPS) is 11.8. The fourth-order valence-electron chi connectivity index (χ4n) is 2.20. The zero-order valence-corrected chi connectivity index (χ0v) is 13.6. The summed E-state index contributed by atoms with van der Waals surface area (Å²) in [6.07, 6.45) is -3.63. The fourth-order valence-corrected chi connectivity index (χ4v) is 2.20. The van der Waals surface area contributed by atoms with E-state index in [1.807, 2.05) is 13.8 Å². The van der Waals surface area contributed by atoms with E-state index in [4.69, 9.17) is 5.26 Å². The van der Waals surface area contributed by atoms with E-state index >= 15 is 0 Å². The van der Waals surface area contributed by atoms with Gasteiger partial charge >= 0.3 is 6.18 Å². The molecule has 0 aromatic heterocycles. The summed E-state index contributed by atoms with van der Waals surface area (Å²) in [5.41, 5.74) is 0.910.